The summed E-state index contributed by atoms with van der Waals surface area (Å²) in [5, 5.41) is 3.53. The van der Waals surface area contributed by atoms with Gasteiger partial charge in [0.05, 0.1) is 6.61 Å². The molecule has 0 radical (unpaired) electrons. The maximum atomic E-state index is 5.81. The molecule has 0 saturated carbocycles. The van der Waals surface area contributed by atoms with E-state index >= 15 is 0 Å². The summed E-state index contributed by atoms with van der Waals surface area (Å²) in [6.07, 6.45) is 3.27. The summed E-state index contributed by atoms with van der Waals surface area (Å²) in [5.74, 6) is 2.50. The summed E-state index contributed by atoms with van der Waals surface area (Å²) in [5.41, 5.74) is 2.57. The third-order valence-corrected chi connectivity index (χ3v) is 4.34. The fourth-order valence-electron chi connectivity index (χ4n) is 2.49. The van der Waals surface area contributed by atoms with Crippen molar-refractivity contribution in [3.05, 3.63) is 27.7 Å². The van der Waals surface area contributed by atoms with Gasteiger partial charge in [-0.25, -0.2) is 0 Å². The summed E-state index contributed by atoms with van der Waals surface area (Å²) in [7, 11) is 0. The Kier molecular flexibility index (Phi) is 5.99. The lowest BCUT2D eigenvalue weighted by atomic mass is 10.0. The summed E-state index contributed by atoms with van der Waals surface area (Å²) in [4.78, 5) is 0. The predicted octanol–water partition coefficient (Wildman–Crippen LogP) is 4.13. The van der Waals surface area contributed by atoms with E-state index in [1.807, 2.05) is 0 Å². The van der Waals surface area contributed by atoms with Gasteiger partial charge in [0.1, 0.15) is 5.75 Å². The molecule has 0 saturated heterocycles. The fraction of sp³-hybridized carbons (Fsp3) is 0.600. The largest absolute Gasteiger partial charge is 0.493 e. The highest BCUT2D eigenvalue weighted by Gasteiger charge is 2.17. The number of alkyl halides is 1. The highest BCUT2D eigenvalue weighted by Crippen LogP contribution is 2.32. The van der Waals surface area contributed by atoms with Crippen molar-refractivity contribution < 1.29 is 4.74 Å². The van der Waals surface area contributed by atoms with E-state index in [0.29, 0.717) is 5.92 Å². The van der Waals surface area contributed by atoms with Gasteiger partial charge in [0, 0.05) is 28.9 Å². The summed E-state index contributed by atoms with van der Waals surface area (Å²) in [6.45, 7) is 4.91. The first-order chi connectivity index (χ1) is 9.24. The van der Waals surface area contributed by atoms with Gasteiger partial charge >= 0.3 is 0 Å². The first-order valence-corrected chi connectivity index (χ1v) is 8.28. The van der Waals surface area contributed by atoms with Crippen molar-refractivity contribution in [3.8, 4) is 5.75 Å². The van der Waals surface area contributed by atoms with Crippen LogP contribution in [0.15, 0.2) is 16.6 Å². The molecule has 1 atom stereocenters. The Morgan fingerprint density at radius 3 is 3.05 bits per heavy atom. The van der Waals surface area contributed by atoms with Gasteiger partial charge in [-0.15, -0.1) is 11.6 Å². The number of ether oxygens (including phenoxy) is 1. The lowest BCUT2D eigenvalue weighted by Gasteiger charge is -2.15. The van der Waals surface area contributed by atoms with Crippen LogP contribution >= 0.6 is 27.5 Å². The molecule has 4 heteroatoms. The molecule has 0 fully saturated rings. The maximum Gasteiger partial charge on any atom is 0.127 e. The average Bonchev–Trinajstić information content (AvgIpc) is 2.85. The fourth-order valence-corrected chi connectivity index (χ4v) is 3.35. The normalized spacial score (nSPS) is 15.1. The van der Waals surface area contributed by atoms with Gasteiger partial charge in [0.15, 0.2) is 0 Å². The molecule has 1 aromatic rings. The van der Waals surface area contributed by atoms with Crippen LogP contribution in [0.1, 0.15) is 30.9 Å². The number of fused-ring (bicyclic) bond motifs is 1. The lowest BCUT2D eigenvalue weighted by Crippen LogP contribution is -2.22. The van der Waals surface area contributed by atoms with Crippen molar-refractivity contribution in [1.82, 2.24) is 5.32 Å². The molecule has 1 aliphatic rings. The van der Waals surface area contributed by atoms with Gasteiger partial charge in [-0.05, 0) is 36.6 Å². The van der Waals surface area contributed by atoms with E-state index in [9.17, 15) is 0 Å². The predicted molar refractivity (Wildman–Crippen MR) is 84.2 cm³/mol. The first kappa shape index (κ1) is 15.1. The van der Waals surface area contributed by atoms with Gasteiger partial charge in [0.2, 0.25) is 0 Å². The van der Waals surface area contributed by atoms with Crippen LogP contribution in [0, 0.1) is 5.92 Å². The van der Waals surface area contributed by atoms with E-state index in [4.69, 9.17) is 16.3 Å². The third kappa shape index (κ3) is 4.11. The van der Waals surface area contributed by atoms with Crippen LogP contribution in [-0.2, 0) is 13.0 Å². The number of rotatable bonds is 7. The molecule has 2 rings (SSSR count). The van der Waals surface area contributed by atoms with Gasteiger partial charge in [-0.3, -0.25) is 0 Å². The molecule has 106 valence electrons. The number of nitrogens with one attached hydrogen (secondary N) is 1. The number of halogens is 2. The molecule has 0 bridgehead atoms. The summed E-state index contributed by atoms with van der Waals surface area (Å²) in [6, 6.07) is 4.31. The van der Waals surface area contributed by atoms with E-state index in [-0.39, 0.29) is 0 Å². The highest BCUT2D eigenvalue weighted by molar-refractivity contribution is 9.10. The second kappa shape index (κ2) is 7.51. The monoisotopic (exact) mass is 345 g/mol. The van der Waals surface area contributed by atoms with Crippen LogP contribution in [0.4, 0.5) is 0 Å². The molecule has 0 aromatic heterocycles. The average molecular weight is 347 g/mol. The molecule has 2 nitrogen and oxygen atoms in total. The van der Waals surface area contributed by atoms with Crippen LogP contribution < -0.4 is 10.1 Å². The van der Waals surface area contributed by atoms with E-state index in [0.717, 1.165) is 48.6 Å². The molecular formula is C15H21BrClNO. The molecule has 1 aromatic carbocycles. The topological polar surface area (TPSA) is 21.3 Å². The van der Waals surface area contributed by atoms with Gasteiger partial charge < -0.3 is 10.1 Å². The molecule has 0 aliphatic carbocycles. The smallest absolute Gasteiger partial charge is 0.127 e. The Morgan fingerprint density at radius 2 is 2.32 bits per heavy atom. The van der Waals surface area contributed by atoms with Crippen LogP contribution in [0.2, 0.25) is 0 Å². The minimum Gasteiger partial charge on any atom is -0.493 e. The molecule has 19 heavy (non-hydrogen) atoms. The van der Waals surface area contributed by atoms with Crippen molar-refractivity contribution in [1.29, 1.82) is 0 Å². The zero-order chi connectivity index (χ0) is 13.7. The molecule has 1 heterocycles. The second-order valence-corrected chi connectivity index (χ2v) is 6.33. The zero-order valence-electron chi connectivity index (χ0n) is 11.3. The van der Waals surface area contributed by atoms with Gasteiger partial charge in [0.25, 0.3) is 0 Å². The molecule has 0 spiro atoms. The van der Waals surface area contributed by atoms with Gasteiger partial charge in [-0.1, -0.05) is 29.3 Å². The lowest BCUT2D eigenvalue weighted by molar-refractivity contribution is 0.351. The van der Waals surface area contributed by atoms with Crippen LogP contribution in [0.5, 0.6) is 5.75 Å². The standard InChI is InChI=1S/C15H21BrClNO/c1-2-11(3-5-17)9-18-10-13-8-14(16)7-12-4-6-19-15(12)13/h7-8,11,18H,2-6,9-10H2,1H3. The number of hydrogen-bond donors (Lipinski definition) is 1. The van der Waals surface area contributed by atoms with Crippen molar-refractivity contribution in [3.63, 3.8) is 0 Å². The van der Waals surface area contributed by atoms with Gasteiger partial charge in [-0.2, -0.15) is 0 Å². The van der Waals surface area contributed by atoms with Crippen molar-refractivity contribution in [2.45, 2.75) is 32.7 Å². The van der Waals surface area contributed by atoms with Crippen molar-refractivity contribution in [2.75, 3.05) is 19.0 Å². The van der Waals surface area contributed by atoms with E-state index < -0.39 is 0 Å². The van der Waals surface area contributed by atoms with E-state index in [1.54, 1.807) is 0 Å². The Morgan fingerprint density at radius 1 is 1.47 bits per heavy atom. The molecular weight excluding hydrogens is 326 g/mol. The van der Waals surface area contributed by atoms with Crippen LogP contribution in [-0.4, -0.2) is 19.0 Å². The van der Waals surface area contributed by atoms with Crippen LogP contribution in [0.3, 0.4) is 0 Å². The van der Waals surface area contributed by atoms with E-state index in [1.165, 1.54) is 17.5 Å². The Hall–Kier alpha value is -0.250. The quantitative estimate of drug-likeness (QED) is 0.750. The number of benzene rings is 1. The highest BCUT2D eigenvalue weighted by atomic mass is 79.9. The third-order valence-electron chi connectivity index (χ3n) is 3.67. The Bertz CT molecular complexity index is 425. The van der Waals surface area contributed by atoms with E-state index in [2.05, 4.69) is 40.3 Å². The minimum absolute atomic E-state index is 0.665. The molecule has 1 N–H and O–H groups in total. The Labute approximate surface area is 129 Å². The van der Waals surface area contributed by atoms with Crippen molar-refractivity contribution >= 4 is 27.5 Å². The minimum atomic E-state index is 0.665. The van der Waals surface area contributed by atoms with Crippen LogP contribution in [0.25, 0.3) is 0 Å². The zero-order valence-corrected chi connectivity index (χ0v) is 13.7. The molecule has 1 unspecified atom stereocenters. The Balaban J connectivity index is 1.93. The molecule has 1 aliphatic heterocycles. The summed E-state index contributed by atoms with van der Waals surface area (Å²) >= 11 is 9.39. The summed E-state index contributed by atoms with van der Waals surface area (Å²) < 4.78 is 6.87. The maximum absolute atomic E-state index is 5.81. The molecule has 0 amide bonds. The van der Waals surface area contributed by atoms with Crippen molar-refractivity contribution in [2.24, 2.45) is 5.92 Å². The SMILES string of the molecule is CCC(CCCl)CNCc1cc(Br)cc2c1OCC2. The second-order valence-electron chi connectivity index (χ2n) is 5.03. The number of hydrogen-bond acceptors (Lipinski definition) is 2. The first-order valence-electron chi connectivity index (χ1n) is 6.95.